The van der Waals surface area contributed by atoms with Crippen LogP contribution in [0.2, 0.25) is 0 Å². The zero-order valence-electron chi connectivity index (χ0n) is 11.0. The minimum absolute atomic E-state index is 0.300. The van der Waals surface area contributed by atoms with Crippen LogP contribution in [-0.4, -0.2) is 30.1 Å². The molecule has 4 nitrogen and oxygen atoms in total. The van der Waals surface area contributed by atoms with Crippen molar-refractivity contribution in [1.29, 1.82) is 0 Å². The second kappa shape index (κ2) is 8.72. The summed E-state index contributed by atoms with van der Waals surface area (Å²) in [5.41, 5.74) is 1.01. The number of rotatable bonds is 10. The van der Waals surface area contributed by atoms with Gasteiger partial charge in [0.15, 0.2) is 0 Å². The Labute approximate surface area is 109 Å². The van der Waals surface area contributed by atoms with Gasteiger partial charge < -0.3 is 9.84 Å². The van der Waals surface area contributed by atoms with Gasteiger partial charge >= 0.3 is 5.97 Å². The average Bonchev–Trinajstić information content (AvgIpc) is 2.85. The number of unbranched alkanes of at least 4 members (excludes halogenated alkanes) is 5. The first-order valence-corrected chi connectivity index (χ1v) is 6.77. The lowest BCUT2D eigenvalue weighted by molar-refractivity contribution is -0.137. The standard InChI is InChI=1S/C14H23NO3/c1-12(14-15-10-11-18-14)8-6-4-2-3-5-7-9-13(16)17/h1-11H2,(H,16,17). The third-order valence-corrected chi connectivity index (χ3v) is 3.01. The topological polar surface area (TPSA) is 58.9 Å². The Morgan fingerprint density at radius 2 is 1.78 bits per heavy atom. The zero-order chi connectivity index (χ0) is 13.2. The summed E-state index contributed by atoms with van der Waals surface area (Å²) in [6.45, 7) is 5.44. The molecule has 0 aliphatic carbocycles. The molecule has 0 aromatic carbocycles. The van der Waals surface area contributed by atoms with Gasteiger partial charge in [-0.1, -0.05) is 32.3 Å². The van der Waals surface area contributed by atoms with E-state index in [9.17, 15) is 4.79 Å². The van der Waals surface area contributed by atoms with Crippen LogP contribution in [0.5, 0.6) is 0 Å². The number of carbonyl (C=O) groups is 1. The number of carboxylic acids is 1. The lowest BCUT2D eigenvalue weighted by Crippen LogP contribution is -2.02. The van der Waals surface area contributed by atoms with Crippen molar-refractivity contribution in [2.45, 2.75) is 51.4 Å². The smallest absolute Gasteiger partial charge is 0.303 e. The number of hydrogen-bond acceptors (Lipinski definition) is 3. The predicted octanol–water partition coefficient (Wildman–Crippen LogP) is 3.18. The summed E-state index contributed by atoms with van der Waals surface area (Å²) < 4.78 is 5.34. The summed E-state index contributed by atoms with van der Waals surface area (Å²) in [7, 11) is 0. The Morgan fingerprint density at radius 3 is 2.33 bits per heavy atom. The number of nitrogens with zero attached hydrogens (tertiary/aromatic N) is 1. The molecule has 0 unspecified atom stereocenters. The van der Waals surface area contributed by atoms with Gasteiger partial charge in [-0.05, 0) is 19.3 Å². The number of aliphatic imine (C=N–C) groups is 1. The second-order valence-electron chi connectivity index (χ2n) is 4.65. The molecule has 1 rings (SSSR count). The van der Waals surface area contributed by atoms with Gasteiger partial charge in [0.05, 0.1) is 6.54 Å². The molecular weight excluding hydrogens is 230 g/mol. The van der Waals surface area contributed by atoms with Gasteiger partial charge in [0.25, 0.3) is 0 Å². The van der Waals surface area contributed by atoms with E-state index < -0.39 is 5.97 Å². The first-order valence-electron chi connectivity index (χ1n) is 6.77. The van der Waals surface area contributed by atoms with Gasteiger partial charge in [0, 0.05) is 12.0 Å². The highest BCUT2D eigenvalue weighted by molar-refractivity contribution is 5.93. The molecule has 1 N–H and O–H groups in total. The van der Waals surface area contributed by atoms with E-state index >= 15 is 0 Å². The summed E-state index contributed by atoms with van der Waals surface area (Å²) in [5, 5.41) is 8.49. The van der Waals surface area contributed by atoms with Crippen molar-refractivity contribution in [3.63, 3.8) is 0 Å². The van der Waals surface area contributed by atoms with Crippen molar-refractivity contribution >= 4 is 11.9 Å². The molecule has 1 heterocycles. The maximum Gasteiger partial charge on any atom is 0.303 e. The van der Waals surface area contributed by atoms with Crippen LogP contribution in [-0.2, 0) is 9.53 Å². The molecular formula is C14H23NO3. The number of hydrogen-bond donors (Lipinski definition) is 1. The highest BCUT2D eigenvalue weighted by Gasteiger charge is 2.10. The molecule has 0 radical (unpaired) electrons. The van der Waals surface area contributed by atoms with E-state index in [1.165, 1.54) is 12.8 Å². The third kappa shape index (κ3) is 6.42. The average molecular weight is 253 g/mol. The Hall–Kier alpha value is -1.32. The van der Waals surface area contributed by atoms with Crippen molar-refractivity contribution < 1.29 is 14.6 Å². The molecule has 4 heteroatoms. The van der Waals surface area contributed by atoms with Crippen molar-refractivity contribution in [3.8, 4) is 0 Å². The van der Waals surface area contributed by atoms with E-state index in [0.717, 1.165) is 50.1 Å². The van der Waals surface area contributed by atoms with Crippen LogP contribution < -0.4 is 0 Å². The minimum atomic E-state index is -0.691. The summed E-state index contributed by atoms with van der Waals surface area (Å²) in [6.07, 6.45) is 7.63. The van der Waals surface area contributed by atoms with Crippen LogP contribution in [0, 0.1) is 0 Å². The summed E-state index contributed by atoms with van der Waals surface area (Å²) >= 11 is 0. The van der Waals surface area contributed by atoms with Crippen molar-refractivity contribution in [2.24, 2.45) is 4.99 Å². The van der Waals surface area contributed by atoms with Crippen LogP contribution in [0.15, 0.2) is 17.1 Å². The zero-order valence-corrected chi connectivity index (χ0v) is 11.0. The largest absolute Gasteiger partial charge is 0.481 e. The molecule has 1 aliphatic heterocycles. The molecule has 102 valence electrons. The molecule has 0 amide bonds. The van der Waals surface area contributed by atoms with Crippen LogP contribution in [0.25, 0.3) is 0 Å². The maximum atomic E-state index is 10.3. The lowest BCUT2D eigenvalue weighted by atomic mass is 10.1. The molecule has 1 aliphatic rings. The fourth-order valence-corrected chi connectivity index (χ4v) is 1.98. The molecule has 0 aromatic rings. The third-order valence-electron chi connectivity index (χ3n) is 3.01. The summed E-state index contributed by atoms with van der Waals surface area (Å²) in [4.78, 5) is 14.5. The quantitative estimate of drug-likeness (QED) is 0.608. The summed E-state index contributed by atoms with van der Waals surface area (Å²) in [6, 6.07) is 0. The second-order valence-corrected chi connectivity index (χ2v) is 4.65. The van der Waals surface area contributed by atoms with E-state index in [4.69, 9.17) is 9.84 Å². The molecule has 0 atom stereocenters. The van der Waals surface area contributed by atoms with Gasteiger partial charge in [-0.2, -0.15) is 0 Å². The van der Waals surface area contributed by atoms with Gasteiger partial charge in [0.2, 0.25) is 5.90 Å². The Balaban J connectivity index is 1.89. The van der Waals surface area contributed by atoms with Crippen LogP contribution in [0.3, 0.4) is 0 Å². The van der Waals surface area contributed by atoms with Crippen molar-refractivity contribution in [2.75, 3.05) is 13.2 Å². The highest BCUT2D eigenvalue weighted by Crippen LogP contribution is 2.14. The minimum Gasteiger partial charge on any atom is -0.481 e. The number of ether oxygens (including phenoxy) is 1. The predicted molar refractivity (Wildman–Crippen MR) is 72.0 cm³/mol. The molecule has 0 bridgehead atoms. The van der Waals surface area contributed by atoms with Gasteiger partial charge in [0.1, 0.15) is 6.61 Å². The first kappa shape index (κ1) is 14.7. The van der Waals surface area contributed by atoms with Crippen molar-refractivity contribution in [3.05, 3.63) is 12.2 Å². The van der Waals surface area contributed by atoms with Crippen molar-refractivity contribution in [1.82, 2.24) is 0 Å². The van der Waals surface area contributed by atoms with E-state index in [1.54, 1.807) is 0 Å². The molecule has 0 saturated heterocycles. The van der Waals surface area contributed by atoms with Gasteiger partial charge in [-0.3, -0.25) is 4.79 Å². The Bertz CT molecular complexity index is 310. The normalized spacial score (nSPS) is 14.1. The fraction of sp³-hybridized carbons (Fsp3) is 0.714. The Kier molecular flexibility index (Phi) is 7.14. The molecule has 0 aromatic heterocycles. The number of aliphatic carboxylic acids is 1. The summed E-state index contributed by atoms with van der Waals surface area (Å²) in [5.74, 6) is 0.0556. The van der Waals surface area contributed by atoms with Crippen LogP contribution in [0.4, 0.5) is 0 Å². The van der Waals surface area contributed by atoms with Crippen LogP contribution in [0.1, 0.15) is 51.4 Å². The van der Waals surface area contributed by atoms with Crippen LogP contribution >= 0.6 is 0 Å². The van der Waals surface area contributed by atoms with E-state index in [0.29, 0.717) is 13.0 Å². The molecule has 0 saturated carbocycles. The SMILES string of the molecule is C=C(CCCCCCCCC(=O)O)C1=NCCO1. The highest BCUT2D eigenvalue weighted by atomic mass is 16.5. The number of carboxylic acid groups (broad SMARTS) is 1. The maximum absolute atomic E-state index is 10.3. The first-order chi connectivity index (χ1) is 8.70. The molecule has 0 fully saturated rings. The Morgan fingerprint density at radius 1 is 1.17 bits per heavy atom. The van der Waals surface area contributed by atoms with E-state index in [-0.39, 0.29) is 0 Å². The van der Waals surface area contributed by atoms with E-state index in [2.05, 4.69) is 11.6 Å². The lowest BCUT2D eigenvalue weighted by Gasteiger charge is -2.05. The van der Waals surface area contributed by atoms with Gasteiger partial charge in [-0.25, -0.2) is 4.99 Å². The van der Waals surface area contributed by atoms with E-state index in [1.807, 2.05) is 0 Å². The fourth-order valence-electron chi connectivity index (χ4n) is 1.98. The van der Waals surface area contributed by atoms with Gasteiger partial charge in [-0.15, -0.1) is 0 Å². The monoisotopic (exact) mass is 253 g/mol. The molecule has 0 spiro atoms. The molecule has 18 heavy (non-hydrogen) atoms.